The molecule has 4 nitrogen and oxygen atoms in total. The first-order valence-corrected chi connectivity index (χ1v) is 9.07. The van der Waals surface area contributed by atoms with Gasteiger partial charge in [0.15, 0.2) is 0 Å². The Morgan fingerprint density at radius 1 is 0.464 bits per heavy atom. The van der Waals surface area contributed by atoms with Crippen LogP contribution in [-0.4, -0.2) is 0 Å². The Morgan fingerprint density at radius 3 is 1.50 bits per heavy atom. The van der Waals surface area contributed by atoms with Crippen LogP contribution in [0.3, 0.4) is 0 Å². The molecule has 0 aliphatic carbocycles. The molecule has 0 aromatic heterocycles. The topological polar surface area (TPSA) is 90.1 Å². The van der Waals surface area contributed by atoms with Crippen molar-refractivity contribution >= 4 is 28.4 Å². The Kier molecular flexibility index (Phi) is 4.60. The molecule has 0 saturated heterocycles. The molecule has 0 unspecified atom stereocenters. The molecule has 0 fully saturated rings. The maximum atomic E-state index is 6.03. The van der Waals surface area contributed by atoms with Gasteiger partial charge in [-0.2, -0.15) is 0 Å². The maximum absolute atomic E-state index is 6.03. The molecule has 4 aromatic rings. The van der Waals surface area contributed by atoms with Gasteiger partial charge in [0.05, 0.1) is 0 Å². The summed E-state index contributed by atoms with van der Waals surface area (Å²) in [5, 5.41) is 3.48. The van der Waals surface area contributed by atoms with Crippen molar-refractivity contribution < 1.29 is 0 Å². The molecule has 0 aliphatic rings. The third kappa shape index (κ3) is 3.76. The van der Waals surface area contributed by atoms with Gasteiger partial charge in [-0.25, -0.2) is 0 Å². The third-order valence-corrected chi connectivity index (χ3v) is 4.67. The van der Waals surface area contributed by atoms with E-state index >= 15 is 0 Å². The number of hydrogen-bond donors (Lipinski definition) is 4. The van der Waals surface area contributed by atoms with E-state index in [0.29, 0.717) is 5.69 Å². The molecule has 0 saturated carbocycles. The Morgan fingerprint density at radius 2 is 0.929 bits per heavy atom. The number of rotatable bonds is 4. The second-order valence-corrected chi connectivity index (χ2v) is 6.75. The first kappa shape index (κ1) is 17.5. The highest BCUT2D eigenvalue weighted by molar-refractivity contribution is 5.84. The van der Waals surface area contributed by atoms with Crippen molar-refractivity contribution in [2.45, 2.75) is 0 Å². The van der Waals surface area contributed by atoms with E-state index in [9.17, 15) is 0 Å². The number of nitrogen functional groups attached to an aromatic ring is 3. The van der Waals surface area contributed by atoms with Crippen LogP contribution in [0.25, 0.3) is 22.3 Å². The van der Waals surface area contributed by atoms with Crippen molar-refractivity contribution in [3.8, 4) is 22.3 Å². The molecule has 0 heterocycles. The van der Waals surface area contributed by atoms with Gasteiger partial charge in [0.25, 0.3) is 0 Å². The largest absolute Gasteiger partial charge is 0.399 e. The van der Waals surface area contributed by atoms with Crippen LogP contribution in [-0.2, 0) is 0 Å². The number of hydrogen-bond acceptors (Lipinski definition) is 4. The second-order valence-electron chi connectivity index (χ2n) is 6.75. The Balaban J connectivity index is 1.63. The van der Waals surface area contributed by atoms with Crippen LogP contribution in [0, 0.1) is 0 Å². The molecule has 0 radical (unpaired) electrons. The van der Waals surface area contributed by atoms with Gasteiger partial charge in [0.2, 0.25) is 0 Å². The fraction of sp³-hybridized carbons (Fsp3) is 0. The minimum atomic E-state index is 0.709. The van der Waals surface area contributed by atoms with E-state index in [1.165, 1.54) is 0 Å². The van der Waals surface area contributed by atoms with E-state index in [2.05, 4.69) is 29.6 Å². The van der Waals surface area contributed by atoms with Crippen molar-refractivity contribution in [2.75, 3.05) is 22.5 Å². The smallest absolute Gasteiger partial charge is 0.0484 e. The minimum absolute atomic E-state index is 0.709. The molecule has 0 amide bonds. The number of benzene rings is 4. The van der Waals surface area contributed by atoms with E-state index in [0.717, 1.165) is 45.0 Å². The molecule has 0 aliphatic heterocycles. The molecule has 7 N–H and O–H groups in total. The number of nitrogens with one attached hydrogen (secondary N) is 1. The van der Waals surface area contributed by atoms with Crippen LogP contribution < -0.4 is 22.5 Å². The Bertz CT molecular complexity index is 1080. The lowest BCUT2D eigenvalue weighted by Gasteiger charge is -2.14. The fourth-order valence-corrected chi connectivity index (χ4v) is 3.16. The quantitative estimate of drug-likeness (QED) is 0.358. The summed E-state index contributed by atoms with van der Waals surface area (Å²) in [7, 11) is 0. The van der Waals surface area contributed by atoms with E-state index in [-0.39, 0.29) is 0 Å². The lowest BCUT2D eigenvalue weighted by Crippen LogP contribution is -1.96. The zero-order valence-electron chi connectivity index (χ0n) is 15.4. The summed E-state index contributed by atoms with van der Waals surface area (Å²) in [6.07, 6.45) is 0. The van der Waals surface area contributed by atoms with Crippen LogP contribution in [0.2, 0.25) is 0 Å². The summed E-state index contributed by atoms with van der Waals surface area (Å²) < 4.78 is 0. The highest BCUT2D eigenvalue weighted by atomic mass is 14.9. The molecular weight excluding hydrogens is 344 g/mol. The summed E-state index contributed by atoms with van der Waals surface area (Å²) in [5.74, 6) is 0. The molecule has 138 valence electrons. The van der Waals surface area contributed by atoms with E-state index in [4.69, 9.17) is 17.2 Å². The van der Waals surface area contributed by atoms with Crippen molar-refractivity contribution in [2.24, 2.45) is 0 Å². The average molecular weight is 366 g/mol. The SMILES string of the molecule is Nc1ccc(-c2ccc(Nc3cc(N)ccc3-c3ccc(N)cc3)cc2)cc1. The monoisotopic (exact) mass is 366 g/mol. The van der Waals surface area contributed by atoms with Gasteiger partial charge in [-0.05, 0) is 65.2 Å². The molecule has 4 heteroatoms. The van der Waals surface area contributed by atoms with E-state index in [1.807, 2.05) is 66.7 Å². The van der Waals surface area contributed by atoms with E-state index in [1.54, 1.807) is 0 Å². The van der Waals surface area contributed by atoms with Crippen LogP contribution in [0.1, 0.15) is 0 Å². The van der Waals surface area contributed by atoms with Crippen molar-refractivity contribution in [3.63, 3.8) is 0 Å². The standard InChI is InChI=1S/C24H22N4/c25-19-7-1-16(2-8-19)17-5-12-22(13-6-17)28-24-15-21(27)11-14-23(24)18-3-9-20(26)10-4-18/h1-15,28H,25-27H2. The van der Waals surface area contributed by atoms with Crippen LogP contribution >= 0.6 is 0 Å². The zero-order chi connectivity index (χ0) is 19.5. The maximum Gasteiger partial charge on any atom is 0.0484 e. The first-order chi connectivity index (χ1) is 13.6. The van der Waals surface area contributed by atoms with Gasteiger partial charge in [0, 0.05) is 34.0 Å². The summed E-state index contributed by atoms with van der Waals surface area (Å²) in [5.41, 5.74) is 26.2. The molecule has 28 heavy (non-hydrogen) atoms. The van der Waals surface area contributed by atoms with Gasteiger partial charge >= 0.3 is 0 Å². The summed E-state index contributed by atoms with van der Waals surface area (Å²) in [6.45, 7) is 0. The highest BCUT2D eigenvalue weighted by Crippen LogP contribution is 2.33. The van der Waals surface area contributed by atoms with Crippen LogP contribution in [0.5, 0.6) is 0 Å². The van der Waals surface area contributed by atoms with Gasteiger partial charge in [0.1, 0.15) is 0 Å². The van der Waals surface area contributed by atoms with Gasteiger partial charge < -0.3 is 22.5 Å². The molecule has 0 spiro atoms. The molecule has 4 aromatic carbocycles. The average Bonchev–Trinajstić information content (AvgIpc) is 2.70. The van der Waals surface area contributed by atoms with Crippen LogP contribution in [0.15, 0.2) is 91.0 Å². The fourth-order valence-electron chi connectivity index (χ4n) is 3.16. The van der Waals surface area contributed by atoms with Crippen molar-refractivity contribution in [3.05, 3.63) is 91.0 Å². The summed E-state index contributed by atoms with van der Waals surface area (Å²) in [6, 6.07) is 29.8. The zero-order valence-corrected chi connectivity index (χ0v) is 15.4. The minimum Gasteiger partial charge on any atom is -0.399 e. The van der Waals surface area contributed by atoms with Crippen molar-refractivity contribution in [1.82, 2.24) is 0 Å². The third-order valence-electron chi connectivity index (χ3n) is 4.67. The van der Waals surface area contributed by atoms with Gasteiger partial charge in [-0.1, -0.05) is 42.5 Å². The number of anilines is 5. The Labute approximate surface area is 164 Å². The Hall–Kier alpha value is -3.92. The summed E-state index contributed by atoms with van der Waals surface area (Å²) in [4.78, 5) is 0. The van der Waals surface area contributed by atoms with E-state index < -0.39 is 0 Å². The van der Waals surface area contributed by atoms with Gasteiger partial charge in [-0.15, -0.1) is 0 Å². The number of nitrogens with two attached hydrogens (primary N) is 3. The predicted molar refractivity (Wildman–Crippen MR) is 120 cm³/mol. The first-order valence-electron chi connectivity index (χ1n) is 9.07. The molecule has 0 bridgehead atoms. The normalized spacial score (nSPS) is 10.6. The molecule has 0 atom stereocenters. The lowest BCUT2D eigenvalue weighted by atomic mass is 10.0. The highest BCUT2D eigenvalue weighted by Gasteiger charge is 2.07. The molecule has 4 rings (SSSR count). The lowest BCUT2D eigenvalue weighted by molar-refractivity contribution is 1.52. The van der Waals surface area contributed by atoms with Crippen molar-refractivity contribution in [1.29, 1.82) is 0 Å². The molecular formula is C24H22N4. The van der Waals surface area contributed by atoms with Crippen LogP contribution in [0.4, 0.5) is 28.4 Å². The van der Waals surface area contributed by atoms with Gasteiger partial charge in [-0.3, -0.25) is 0 Å². The predicted octanol–water partition coefficient (Wildman–Crippen LogP) is 5.51. The second kappa shape index (κ2) is 7.37. The summed E-state index contributed by atoms with van der Waals surface area (Å²) >= 11 is 0.